The van der Waals surface area contributed by atoms with Gasteiger partial charge in [-0.3, -0.25) is 9.69 Å². The largest absolute Gasteiger partial charge is 0.447 e. The van der Waals surface area contributed by atoms with E-state index in [-0.39, 0.29) is 28.9 Å². The molecule has 0 spiro atoms. The standard InChI is InChI=1S/C19H20F3N3OS/c20-19(21,22)27-18-16(4-3-9-23-18)17(26)24-12-14-5-7-15(8-6-14)13-25-10-1-2-11-25/h3-9H,1-2,10-13H2,(H,24,26). The Hall–Kier alpha value is -2.06. The Labute approximate surface area is 160 Å². The van der Waals surface area contributed by atoms with Gasteiger partial charge in [-0.1, -0.05) is 24.3 Å². The Balaban J connectivity index is 1.57. The van der Waals surface area contributed by atoms with Crippen molar-refractivity contribution in [2.75, 3.05) is 13.1 Å². The van der Waals surface area contributed by atoms with Crippen LogP contribution in [0.5, 0.6) is 0 Å². The molecule has 1 fully saturated rings. The highest BCUT2D eigenvalue weighted by Gasteiger charge is 2.32. The number of benzene rings is 1. The first-order valence-corrected chi connectivity index (χ1v) is 9.51. The van der Waals surface area contributed by atoms with Gasteiger partial charge in [0.15, 0.2) is 0 Å². The summed E-state index contributed by atoms with van der Waals surface area (Å²) in [6, 6.07) is 10.7. The third-order valence-corrected chi connectivity index (χ3v) is 5.06. The molecule has 0 atom stereocenters. The summed E-state index contributed by atoms with van der Waals surface area (Å²) in [6.07, 6.45) is 3.73. The molecule has 0 bridgehead atoms. The average molecular weight is 395 g/mol. The van der Waals surface area contributed by atoms with Crippen LogP contribution in [0.1, 0.15) is 34.3 Å². The number of pyridine rings is 1. The van der Waals surface area contributed by atoms with Crippen molar-refractivity contribution in [3.63, 3.8) is 0 Å². The second-order valence-electron chi connectivity index (χ2n) is 6.39. The number of aromatic nitrogens is 1. The van der Waals surface area contributed by atoms with E-state index in [1.807, 2.05) is 24.3 Å². The van der Waals surface area contributed by atoms with Gasteiger partial charge in [-0.2, -0.15) is 13.2 Å². The highest BCUT2D eigenvalue weighted by Crippen LogP contribution is 2.37. The van der Waals surface area contributed by atoms with E-state index in [1.54, 1.807) is 0 Å². The van der Waals surface area contributed by atoms with E-state index in [9.17, 15) is 18.0 Å². The predicted molar refractivity (Wildman–Crippen MR) is 98.3 cm³/mol. The lowest BCUT2D eigenvalue weighted by molar-refractivity contribution is -0.0329. The maximum absolute atomic E-state index is 12.6. The molecule has 2 aromatic rings. The molecule has 4 nitrogen and oxygen atoms in total. The number of likely N-dealkylation sites (tertiary alicyclic amines) is 1. The zero-order chi connectivity index (χ0) is 19.3. The zero-order valence-corrected chi connectivity index (χ0v) is 15.4. The highest BCUT2D eigenvalue weighted by molar-refractivity contribution is 8.00. The summed E-state index contributed by atoms with van der Waals surface area (Å²) in [4.78, 5) is 18.4. The summed E-state index contributed by atoms with van der Waals surface area (Å²) in [5, 5.41) is 2.32. The minimum absolute atomic E-state index is 0.0783. The molecule has 3 rings (SSSR count). The number of carbonyl (C=O) groups excluding carboxylic acids is 1. The van der Waals surface area contributed by atoms with Crippen LogP contribution in [0, 0.1) is 0 Å². The molecule has 1 N–H and O–H groups in total. The highest BCUT2D eigenvalue weighted by atomic mass is 32.2. The Morgan fingerprint density at radius 2 is 1.78 bits per heavy atom. The summed E-state index contributed by atoms with van der Waals surface area (Å²) >= 11 is -0.382. The smallest absolute Gasteiger partial charge is 0.348 e. The molecule has 1 aliphatic heterocycles. The Morgan fingerprint density at radius 3 is 2.44 bits per heavy atom. The van der Waals surface area contributed by atoms with Gasteiger partial charge in [0.05, 0.1) is 5.56 Å². The van der Waals surface area contributed by atoms with E-state index in [0.29, 0.717) is 0 Å². The quantitative estimate of drug-likeness (QED) is 0.744. The summed E-state index contributed by atoms with van der Waals surface area (Å²) in [6.45, 7) is 3.41. The Morgan fingerprint density at radius 1 is 1.11 bits per heavy atom. The molecule has 0 unspecified atom stereocenters. The van der Waals surface area contributed by atoms with Gasteiger partial charge in [0, 0.05) is 31.0 Å². The number of amides is 1. The molecule has 1 aliphatic rings. The average Bonchev–Trinajstić information content (AvgIpc) is 3.13. The maximum atomic E-state index is 12.6. The molecule has 1 saturated heterocycles. The number of alkyl halides is 3. The van der Waals surface area contributed by atoms with Crippen molar-refractivity contribution >= 4 is 17.7 Å². The normalized spacial score (nSPS) is 15.1. The summed E-state index contributed by atoms with van der Waals surface area (Å²) < 4.78 is 37.8. The second kappa shape index (κ2) is 8.75. The van der Waals surface area contributed by atoms with Crippen molar-refractivity contribution in [3.05, 3.63) is 59.3 Å². The van der Waals surface area contributed by atoms with E-state index < -0.39 is 11.4 Å². The molecule has 0 saturated carbocycles. The van der Waals surface area contributed by atoms with Crippen LogP contribution in [0.3, 0.4) is 0 Å². The number of nitrogens with one attached hydrogen (secondary N) is 1. The molecular formula is C19H20F3N3OS. The van der Waals surface area contributed by atoms with Crippen molar-refractivity contribution in [1.82, 2.24) is 15.2 Å². The van der Waals surface area contributed by atoms with Gasteiger partial charge < -0.3 is 5.32 Å². The van der Waals surface area contributed by atoms with Gasteiger partial charge in [0.25, 0.3) is 5.91 Å². The zero-order valence-electron chi connectivity index (χ0n) is 14.6. The summed E-state index contributed by atoms with van der Waals surface area (Å²) in [5.74, 6) is -0.573. The molecular weight excluding hydrogens is 375 g/mol. The van der Waals surface area contributed by atoms with Crippen LogP contribution in [-0.4, -0.2) is 34.4 Å². The van der Waals surface area contributed by atoms with Crippen LogP contribution in [0.15, 0.2) is 47.6 Å². The second-order valence-corrected chi connectivity index (χ2v) is 7.44. The van der Waals surface area contributed by atoms with E-state index in [4.69, 9.17) is 0 Å². The number of rotatable bonds is 6. The molecule has 1 aromatic carbocycles. The van der Waals surface area contributed by atoms with Crippen LogP contribution < -0.4 is 5.32 Å². The van der Waals surface area contributed by atoms with E-state index >= 15 is 0 Å². The van der Waals surface area contributed by atoms with Crippen LogP contribution in [0.4, 0.5) is 13.2 Å². The first-order chi connectivity index (χ1) is 12.9. The summed E-state index contributed by atoms with van der Waals surface area (Å²) in [5.41, 5.74) is -2.47. The molecule has 1 amide bonds. The molecule has 144 valence electrons. The Bertz CT molecular complexity index is 775. The fourth-order valence-electron chi connectivity index (χ4n) is 2.99. The van der Waals surface area contributed by atoms with Gasteiger partial charge in [0.1, 0.15) is 5.03 Å². The minimum atomic E-state index is -4.49. The predicted octanol–water partition coefficient (Wildman–Crippen LogP) is 4.22. The van der Waals surface area contributed by atoms with E-state index in [2.05, 4.69) is 15.2 Å². The van der Waals surface area contributed by atoms with Crippen LogP contribution >= 0.6 is 11.8 Å². The lowest BCUT2D eigenvalue weighted by atomic mass is 10.1. The molecule has 0 radical (unpaired) electrons. The van der Waals surface area contributed by atoms with Crippen molar-refractivity contribution in [1.29, 1.82) is 0 Å². The van der Waals surface area contributed by atoms with Gasteiger partial charge in [0.2, 0.25) is 0 Å². The number of carbonyl (C=O) groups is 1. The van der Waals surface area contributed by atoms with Gasteiger partial charge in [-0.05, 0) is 49.2 Å². The van der Waals surface area contributed by atoms with Crippen LogP contribution in [0.2, 0.25) is 0 Å². The van der Waals surface area contributed by atoms with Crippen molar-refractivity contribution < 1.29 is 18.0 Å². The molecule has 1 aromatic heterocycles. The fraction of sp³-hybridized carbons (Fsp3) is 0.368. The summed E-state index contributed by atoms with van der Waals surface area (Å²) in [7, 11) is 0. The lowest BCUT2D eigenvalue weighted by Crippen LogP contribution is -2.24. The monoisotopic (exact) mass is 395 g/mol. The van der Waals surface area contributed by atoms with Gasteiger partial charge >= 0.3 is 5.51 Å². The van der Waals surface area contributed by atoms with Gasteiger partial charge in [-0.15, -0.1) is 0 Å². The van der Waals surface area contributed by atoms with E-state index in [0.717, 1.165) is 25.2 Å². The topological polar surface area (TPSA) is 45.2 Å². The molecule has 27 heavy (non-hydrogen) atoms. The first kappa shape index (κ1) is 19.7. The molecule has 8 heteroatoms. The lowest BCUT2D eigenvalue weighted by Gasteiger charge is -2.15. The number of halogens is 3. The van der Waals surface area contributed by atoms with Gasteiger partial charge in [-0.25, -0.2) is 4.98 Å². The molecule has 2 heterocycles. The minimum Gasteiger partial charge on any atom is -0.348 e. The number of hydrogen-bond donors (Lipinski definition) is 1. The van der Waals surface area contributed by atoms with Crippen molar-refractivity contribution in [3.8, 4) is 0 Å². The Kier molecular flexibility index (Phi) is 6.38. The van der Waals surface area contributed by atoms with Crippen molar-refractivity contribution in [2.45, 2.75) is 36.5 Å². The fourth-order valence-corrected chi connectivity index (χ4v) is 3.60. The first-order valence-electron chi connectivity index (χ1n) is 8.70. The number of nitrogens with zero attached hydrogens (tertiary/aromatic N) is 2. The maximum Gasteiger partial charge on any atom is 0.447 e. The number of thioether (sulfide) groups is 1. The van der Waals surface area contributed by atoms with Crippen molar-refractivity contribution in [2.24, 2.45) is 0 Å². The molecule has 0 aliphatic carbocycles. The van der Waals surface area contributed by atoms with Crippen LogP contribution in [0.25, 0.3) is 0 Å². The number of hydrogen-bond acceptors (Lipinski definition) is 4. The van der Waals surface area contributed by atoms with Crippen LogP contribution in [-0.2, 0) is 13.1 Å². The third kappa shape index (κ3) is 5.97. The van der Waals surface area contributed by atoms with E-state index in [1.165, 1.54) is 36.7 Å². The third-order valence-electron chi connectivity index (χ3n) is 4.31. The SMILES string of the molecule is O=C(NCc1ccc(CN2CCCC2)cc1)c1cccnc1SC(F)(F)F.